The third-order valence-electron chi connectivity index (χ3n) is 5.25. The van der Waals surface area contributed by atoms with Crippen LogP contribution in [0, 0.1) is 10.1 Å². The molecule has 0 fully saturated rings. The summed E-state index contributed by atoms with van der Waals surface area (Å²) in [6.07, 6.45) is 2.25. The topological polar surface area (TPSA) is 92.6 Å². The van der Waals surface area contributed by atoms with Gasteiger partial charge in [0.1, 0.15) is 6.04 Å². The van der Waals surface area contributed by atoms with Gasteiger partial charge in [0.25, 0.3) is 5.69 Å². The monoisotopic (exact) mass is 525 g/mol. The van der Waals surface area contributed by atoms with Crippen LogP contribution in [-0.2, 0) is 21.9 Å². The average molecular weight is 526 g/mol. The van der Waals surface area contributed by atoms with Crippen molar-refractivity contribution in [3.05, 3.63) is 73.8 Å². The fourth-order valence-electron chi connectivity index (χ4n) is 3.33. The van der Waals surface area contributed by atoms with Crippen LogP contribution in [0.2, 0.25) is 10.0 Å². The zero-order valence-corrected chi connectivity index (χ0v) is 21.6. The Morgan fingerprint density at radius 3 is 2.32 bits per heavy atom. The zero-order chi connectivity index (χ0) is 25.1. The number of hydrogen-bond donors (Lipinski definition) is 1. The average Bonchev–Trinajstić information content (AvgIpc) is 2.81. The van der Waals surface area contributed by atoms with Crippen molar-refractivity contribution in [1.29, 1.82) is 0 Å². The molecular weight excluding hydrogens is 497 g/mol. The van der Waals surface area contributed by atoms with Crippen LogP contribution in [-0.4, -0.2) is 40.0 Å². The third-order valence-corrected chi connectivity index (χ3v) is 6.94. The highest BCUT2D eigenvalue weighted by atomic mass is 35.5. The van der Waals surface area contributed by atoms with Gasteiger partial charge in [0.05, 0.1) is 10.7 Å². The SMILES string of the molecule is CCCCNC(=O)[C@H](CC)N(Cc1c(Cl)cccc1Cl)C(=O)CSCc1ccc([N+](=O)[O-])cc1. The molecule has 34 heavy (non-hydrogen) atoms. The largest absolute Gasteiger partial charge is 0.354 e. The summed E-state index contributed by atoms with van der Waals surface area (Å²) in [4.78, 5) is 38.1. The number of nitrogens with zero attached hydrogens (tertiary/aromatic N) is 2. The summed E-state index contributed by atoms with van der Waals surface area (Å²) in [5, 5.41) is 14.6. The summed E-state index contributed by atoms with van der Waals surface area (Å²) < 4.78 is 0. The number of hydrogen-bond acceptors (Lipinski definition) is 5. The van der Waals surface area contributed by atoms with Crippen LogP contribution >= 0.6 is 35.0 Å². The predicted molar refractivity (Wildman–Crippen MR) is 138 cm³/mol. The molecule has 0 heterocycles. The van der Waals surface area contributed by atoms with Crippen LogP contribution in [0.3, 0.4) is 0 Å². The van der Waals surface area contributed by atoms with Gasteiger partial charge in [-0.05, 0) is 30.5 Å². The maximum atomic E-state index is 13.3. The van der Waals surface area contributed by atoms with E-state index in [4.69, 9.17) is 23.2 Å². The first-order chi connectivity index (χ1) is 16.3. The van der Waals surface area contributed by atoms with Gasteiger partial charge in [-0.2, -0.15) is 0 Å². The first-order valence-corrected chi connectivity index (χ1v) is 13.0. The molecule has 10 heteroatoms. The number of carbonyl (C=O) groups excluding carboxylic acids is 2. The number of halogens is 2. The fraction of sp³-hybridized carbons (Fsp3) is 0.417. The maximum Gasteiger partial charge on any atom is 0.269 e. The highest BCUT2D eigenvalue weighted by Crippen LogP contribution is 2.27. The molecule has 0 aliphatic carbocycles. The van der Waals surface area contributed by atoms with E-state index in [1.807, 2.05) is 13.8 Å². The van der Waals surface area contributed by atoms with Crippen molar-refractivity contribution in [3.63, 3.8) is 0 Å². The van der Waals surface area contributed by atoms with Gasteiger partial charge in [0.2, 0.25) is 11.8 Å². The molecule has 2 amide bonds. The van der Waals surface area contributed by atoms with Gasteiger partial charge in [-0.25, -0.2) is 0 Å². The van der Waals surface area contributed by atoms with Crippen molar-refractivity contribution in [1.82, 2.24) is 10.2 Å². The molecule has 0 aromatic heterocycles. The number of nitro benzene ring substituents is 1. The summed E-state index contributed by atoms with van der Waals surface area (Å²) in [7, 11) is 0. The first-order valence-electron chi connectivity index (χ1n) is 11.1. The Balaban J connectivity index is 2.15. The second-order valence-corrected chi connectivity index (χ2v) is 9.51. The highest BCUT2D eigenvalue weighted by Gasteiger charge is 2.29. The predicted octanol–water partition coefficient (Wildman–Crippen LogP) is 5.86. The Hall–Kier alpha value is -2.29. The Labute approximate surface area is 214 Å². The molecule has 184 valence electrons. The third kappa shape index (κ3) is 8.18. The van der Waals surface area contributed by atoms with Crippen molar-refractivity contribution >= 4 is 52.5 Å². The van der Waals surface area contributed by atoms with Gasteiger partial charge >= 0.3 is 0 Å². The summed E-state index contributed by atoms with van der Waals surface area (Å²) in [6.45, 7) is 4.58. The molecule has 0 radical (unpaired) electrons. The Kier molecular flexibility index (Phi) is 11.7. The lowest BCUT2D eigenvalue weighted by molar-refractivity contribution is -0.384. The van der Waals surface area contributed by atoms with Gasteiger partial charge in [-0.1, -0.05) is 61.7 Å². The zero-order valence-electron chi connectivity index (χ0n) is 19.3. The van der Waals surface area contributed by atoms with Crippen LogP contribution in [0.1, 0.15) is 44.2 Å². The molecule has 0 aliphatic heterocycles. The molecule has 7 nitrogen and oxygen atoms in total. The minimum Gasteiger partial charge on any atom is -0.354 e. The van der Waals surface area contributed by atoms with Crippen molar-refractivity contribution in [2.24, 2.45) is 0 Å². The molecule has 0 aliphatic rings. The normalized spacial score (nSPS) is 11.6. The number of nitro groups is 1. The fourth-order valence-corrected chi connectivity index (χ4v) is 4.72. The second-order valence-electron chi connectivity index (χ2n) is 7.71. The van der Waals surface area contributed by atoms with Crippen molar-refractivity contribution < 1.29 is 14.5 Å². The Bertz CT molecular complexity index is 968. The van der Waals surface area contributed by atoms with Crippen LogP contribution in [0.25, 0.3) is 0 Å². The van der Waals surface area contributed by atoms with Gasteiger partial charge in [0, 0.05) is 46.6 Å². The number of non-ortho nitro benzene ring substituents is 1. The molecule has 2 rings (SSSR count). The molecule has 0 spiro atoms. The molecule has 2 aromatic carbocycles. The van der Waals surface area contributed by atoms with Crippen molar-refractivity contribution in [2.75, 3.05) is 12.3 Å². The van der Waals surface area contributed by atoms with Crippen molar-refractivity contribution in [3.8, 4) is 0 Å². The molecular formula is C24H29Cl2N3O4S. The van der Waals surface area contributed by atoms with Crippen LogP contribution in [0.5, 0.6) is 0 Å². The minimum atomic E-state index is -0.656. The van der Waals surface area contributed by atoms with E-state index in [9.17, 15) is 19.7 Å². The lowest BCUT2D eigenvalue weighted by atomic mass is 10.1. The van der Waals surface area contributed by atoms with Crippen LogP contribution < -0.4 is 5.32 Å². The van der Waals surface area contributed by atoms with E-state index in [1.54, 1.807) is 30.3 Å². The van der Waals surface area contributed by atoms with E-state index < -0.39 is 11.0 Å². The first kappa shape index (κ1) is 28.0. The summed E-state index contributed by atoms with van der Waals surface area (Å²) >= 11 is 14.1. The van der Waals surface area contributed by atoms with E-state index in [0.717, 1.165) is 18.4 Å². The lowest BCUT2D eigenvalue weighted by Gasteiger charge is -2.31. The van der Waals surface area contributed by atoms with E-state index in [0.29, 0.717) is 34.3 Å². The van der Waals surface area contributed by atoms with E-state index in [-0.39, 0.29) is 29.8 Å². The van der Waals surface area contributed by atoms with Crippen LogP contribution in [0.4, 0.5) is 5.69 Å². The van der Waals surface area contributed by atoms with Gasteiger partial charge < -0.3 is 10.2 Å². The molecule has 0 saturated heterocycles. The number of unbranched alkanes of at least 4 members (excludes halogenated alkanes) is 1. The van der Waals surface area contributed by atoms with Gasteiger partial charge in [-0.15, -0.1) is 11.8 Å². The molecule has 0 saturated carbocycles. The molecule has 2 aromatic rings. The maximum absolute atomic E-state index is 13.3. The number of benzene rings is 2. The van der Waals surface area contributed by atoms with Crippen molar-refractivity contribution in [2.45, 2.75) is 51.4 Å². The summed E-state index contributed by atoms with van der Waals surface area (Å²) in [5.74, 6) is 0.232. The summed E-state index contributed by atoms with van der Waals surface area (Å²) in [6, 6.07) is 10.7. The number of carbonyl (C=O) groups is 2. The van der Waals surface area contributed by atoms with Gasteiger partial charge in [0.15, 0.2) is 0 Å². The standard InChI is InChI=1S/C24H29Cl2N3O4S/c1-3-5-13-27-24(31)22(4-2)28(14-19-20(25)7-6-8-21(19)26)23(30)16-34-15-17-9-11-18(12-10-17)29(32)33/h6-12,22H,3-5,13-16H2,1-2H3,(H,27,31)/t22-/m0/s1. The van der Waals surface area contributed by atoms with E-state index in [2.05, 4.69) is 5.32 Å². The Morgan fingerprint density at radius 1 is 1.12 bits per heavy atom. The highest BCUT2D eigenvalue weighted by molar-refractivity contribution is 7.99. The molecule has 1 atom stereocenters. The Morgan fingerprint density at radius 2 is 1.76 bits per heavy atom. The van der Waals surface area contributed by atoms with Gasteiger partial charge in [-0.3, -0.25) is 19.7 Å². The molecule has 0 unspecified atom stereocenters. The quantitative estimate of drug-likeness (QED) is 0.201. The molecule has 1 N–H and O–H groups in total. The minimum absolute atomic E-state index is 0.0208. The lowest BCUT2D eigenvalue weighted by Crippen LogP contribution is -2.49. The van der Waals surface area contributed by atoms with Crippen LogP contribution in [0.15, 0.2) is 42.5 Å². The van der Waals surface area contributed by atoms with E-state index in [1.165, 1.54) is 28.8 Å². The second kappa shape index (κ2) is 14.2. The van der Waals surface area contributed by atoms with E-state index >= 15 is 0 Å². The molecule has 0 bridgehead atoms. The number of thioether (sulfide) groups is 1. The number of nitrogens with one attached hydrogen (secondary N) is 1. The smallest absolute Gasteiger partial charge is 0.269 e. The number of amides is 2. The summed E-state index contributed by atoms with van der Waals surface area (Å²) in [5.41, 5.74) is 1.49. The number of rotatable bonds is 13.